The summed E-state index contributed by atoms with van der Waals surface area (Å²) in [5.41, 5.74) is -0.0196. The number of rotatable bonds is 1. The van der Waals surface area contributed by atoms with Crippen LogP contribution in [0.25, 0.3) is 0 Å². The first-order valence-corrected chi connectivity index (χ1v) is 5.03. The average molecular weight is 185 g/mol. The van der Waals surface area contributed by atoms with Crippen LogP contribution in [-0.4, -0.2) is 31.6 Å². The molecule has 1 aromatic rings. The van der Waals surface area contributed by atoms with Crippen LogP contribution in [0.2, 0.25) is 0 Å². The molecule has 1 saturated heterocycles. The van der Waals surface area contributed by atoms with Gasteiger partial charge in [-0.1, -0.05) is 5.21 Å². The number of thioether (sulfide) groups is 1. The number of aryl methyl sites for hydroxylation is 1. The molecule has 1 aliphatic heterocycles. The molecule has 1 atom stereocenters. The first kappa shape index (κ1) is 8.07. The Kier molecular flexibility index (Phi) is 1.84. The Hall–Kier alpha value is -0.550. The van der Waals surface area contributed by atoms with Crippen molar-refractivity contribution in [2.24, 2.45) is 7.05 Å². The second kappa shape index (κ2) is 2.74. The predicted octanol–water partition coefficient (Wildman–Crippen LogP) is 0.140. The van der Waals surface area contributed by atoms with E-state index in [4.69, 9.17) is 0 Å². The number of hydrogen-bond acceptors (Lipinski definition) is 4. The summed E-state index contributed by atoms with van der Waals surface area (Å²) in [7, 11) is 1.81. The van der Waals surface area contributed by atoms with E-state index in [2.05, 4.69) is 10.3 Å². The molecule has 12 heavy (non-hydrogen) atoms. The van der Waals surface area contributed by atoms with Crippen molar-refractivity contribution < 1.29 is 5.11 Å². The van der Waals surface area contributed by atoms with Gasteiger partial charge in [0.25, 0.3) is 0 Å². The summed E-state index contributed by atoms with van der Waals surface area (Å²) in [6, 6.07) is 0. The van der Waals surface area contributed by atoms with Crippen molar-refractivity contribution in [2.45, 2.75) is 12.0 Å². The summed E-state index contributed by atoms with van der Waals surface area (Å²) < 4.78 is 1.62. The number of hydrogen-bond donors (Lipinski definition) is 1. The van der Waals surface area contributed by atoms with Crippen LogP contribution in [0.1, 0.15) is 12.1 Å². The topological polar surface area (TPSA) is 50.9 Å². The summed E-state index contributed by atoms with van der Waals surface area (Å²) >= 11 is 1.76. The fourth-order valence-electron chi connectivity index (χ4n) is 1.32. The lowest BCUT2D eigenvalue weighted by atomic mass is 10.0. The lowest BCUT2D eigenvalue weighted by Gasteiger charge is -2.16. The Morgan fingerprint density at radius 3 is 3.08 bits per heavy atom. The first-order valence-electron chi connectivity index (χ1n) is 3.88. The van der Waals surface area contributed by atoms with Crippen molar-refractivity contribution >= 4 is 11.8 Å². The van der Waals surface area contributed by atoms with Crippen LogP contribution in [0.3, 0.4) is 0 Å². The zero-order valence-corrected chi connectivity index (χ0v) is 7.71. The zero-order chi connectivity index (χ0) is 8.60. The molecule has 1 N–H and O–H groups in total. The van der Waals surface area contributed by atoms with Crippen LogP contribution in [0.5, 0.6) is 0 Å². The van der Waals surface area contributed by atoms with Gasteiger partial charge in [0.2, 0.25) is 0 Å². The summed E-state index contributed by atoms with van der Waals surface area (Å²) in [5, 5.41) is 17.8. The van der Waals surface area contributed by atoms with Gasteiger partial charge in [-0.3, -0.25) is 4.68 Å². The van der Waals surface area contributed by atoms with Gasteiger partial charge in [0.05, 0.1) is 6.20 Å². The van der Waals surface area contributed by atoms with E-state index in [1.165, 1.54) is 0 Å². The smallest absolute Gasteiger partial charge is 0.120 e. The van der Waals surface area contributed by atoms with Gasteiger partial charge < -0.3 is 5.11 Å². The minimum atomic E-state index is -0.723. The van der Waals surface area contributed by atoms with E-state index < -0.39 is 5.60 Å². The Balaban J connectivity index is 2.28. The number of aliphatic hydroxyl groups is 1. The summed E-state index contributed by atoms with van der Waals surface area (Å²) in [6.07, 6.45) is 2.57. The van der Waals surface area contributed by atoms with Crippen molar-refractivity contribution in [3.8, 4) is 0 Å². The molecule has 0 saturated carbocycles. The molecule has 1 unspecified atom stereocenters. The molecule has 66 valence electrons. The maximum Gasteiger partial charge on any atom is 0.120 e. The Morgan fingerprint density at radius 1 is 1.75 bits per heavy atom. The highest BCUT2D eigenvalue weighted by Gasteiger charge is 2.36. The van der Waals surface area contributed by atoms with Gasteiger partial charge in [-0.2, -0.15) is 11.8 Å². The fourth-order valence-corrected chi connectivity index (χ4v) is 2.57. The van der Waals surface area contributed by atoms with Crippen LogP contribution in [0.4, 0.5) is 0 Å². The molecular formula is C7H11N3OS. The fraction of sp³-hybridized carbons (Fsp3) is 0.714. The number of nitrogens with zero attached hydrogens (tertiary/aromatic N) is 3. The molecule has 2 rings (SSSR count). The highest BCUT2D eigenvalue weighted by Crippen LogP contribution is 2.35. The molecule has 2 heterocycles. The highest BCUT2D eigenvalue weighted by molar-refractivity contribution is 7.99. The van der Waals surface area contributed by atoms with Crippen LogP contribution >= 0.6 is 11.8 Å². The van der Waals surface area contributed by atoms with E-state index in [1.807, 2.05) is 7.05 Å². The SMILES string of the molecule is Cn1cc(C2(O)CCSC2)nn1. The van der Waals surface area contributed by atoms with Gasteiger partial charge in [-0.15, -0.1) is 5.10 Å². The molecule has 0 bridgehead atoms. The van der Waals surface area contributed by atoms with E-state index in [9.17, 15) is 5.11 Å². The lowest BCUT2D eigenvalue weighted by molar-refractivity contribution is 0.0610. The Labute approximate surface area is 75.0 Å². The molecule has 0 spiro atoms. The normalized spacial score (nSPS) is 29.5. The second-order valence-electron chi connectivity index (χ2n) is 3.11. The molecule has 0 aliphatic carbocycles. The minimum absolute atomic E-state index is 0.704. The van der Waals surface area contributed by atoms with Gasteiger partial charge in [0.15, 0.2) is 0 Å². The monoisotopic (exact) mass is 185 g/mol. The first-order chi connectivity index (χ1) is 5.71. The summed E-state index contributed by atoms with van der Waals surface area (Å²) in [6.45, 7) is 0. The standard InChI is InChI=1S/C7H11N3OS/c1-10-4-6(8-9-10)7(11)2-3-12-5-7/h4,11H,2-3,5H2,1H3. The Bertz CT molecular complexity index is 280. The molecule has 5 heteroatoms. The molecular weight excluding hydrogens is 174 g/mol. The van der Waals surface area contributed by atoms with Gasteiger partial charge in [0, 0.05) is 12.8 Å². The van der Waals surface area contributed by atoms with Gasteiger partial charge in [-0.05, 0) is 12.2 Å². The molecule has 1 aromatic heterocycles. The molecule has 4 nitrogen and oxygen atoms in total. The average Bonchev–Trinajstić information content (AvgIpc) is 2.59. The van der Waals surface area contributed by atoms with E-state index in [0.717, 1.165) is 17.9 Å². The molecule has 1 fully saturated rings. The predicted molar refractivity (Wildman–Crippen MR) is 46.8 cm³/mol. The Morgan fingerprint density at radius 2 is 2.58 bits per heavy atom. The third-order valence-electron chi connectivity index (χ3n) is 2.08. The van der Waals surface area contributed by atoms with Gasteiger partial charge >= 0.3 is 0 Å². The maximum atomic E-state index is 10.0. The van der Waals surface area contributed by atoms with E-state index >= 15 is 0 Å². The zero-order valence-electron chi connectivity index (χ0n) is 6.90. The van der Waals surface area contributed by atoms with Crippen molar-refractivity contribution in [1.29, 1.82) is 0 Å². The van der Waals surface area contributed by atoms with Crippen molar-refractivity contribution in [2.75, 3.05) is 11.5 Å². The van der Waals surface area contributed by atoms with Crippen LogP contribution in [-0.2, 0) is 12.6 Å². The highest BCUT2D eigenvalue weighted by atomic mass is 32.2. The van der Waals surface area contributed by atoms with Gasteiger partial charge in [-0.25, -0.2) is 0 Å². The van der Waals surface area contributed by atoms with E-state index in [-0.39, 0.29) is 0 Å². The number of aromatic nitrogens is 3. The quantitative estimate of drug-likeness (QED) is 0.676. The van der Waals surface area contributed by atoms with Crippen LogP contribution < -0.4 is 0 Å². The van der Waals surface area contributed by atoms with E-state index in [1.54, 1.807) is 22.6 Å². The second-order valence-corrected chi connectivity index (χ2v) is 4.22. The third kappa shape index (κ3) is 1.23. The molecule has 0 aromatic carbocycles. The van der Waals surface area contributed by atoms with Crippen LogP contribution in [0.15, 0.2) is 6.20 Å². The molecule has 0 amide bonds. The summed E-state index contributed by atoms with van der Waals surface area (Å²) in [4.78, 5) is 0. The maximum absolute atomic E-state index is 10.0. The molecule has 0 radical (unpaired) electrons. The largest absolute Gasteiger partial charge is 0.383 e. The van der Waals surface area contributed by atoms with Crippen molar-refractivity contribution in [3.63, 3.8) is 0 Å². The van der Waals surface area contributed by atoms with Crippen LogP contribution in [0, 0.1) is 0 Å². The van der Waals surface area contributed by atoms with Crippen molar-refractivity contribution in [3.05, 3.63) is 11.9 Å². The van der Waals surface area contributed by atoms with Gasteiger partial charge in [0.1, 0.15) is 11.3 Å². The van der Waals surface area contributed by atoms with E-state index in [0.29, 0.717) is 5.69 Å². The molecule has 1 aliphatic rings. The summed E-state index contributed by atoms with van der Waals surface area (Å²) in [5.74, 6) is 1.75. The minimum Gasteiger partial charge on any atom is -0.383 e. The van der Waals surface area contributed by atoms with Crippen molar-refractivity contribution in [1.82, 2.24) is 15.0 Å². The lowest BCUT2D eigenvalue weighted by Crippen LogP contribution is -2.25. The third-order valence-corrected chi connectivity index (χ3v) is 3.25.